The maximum Gasteiger partial charge on any atom is 0.124 e. The Morgan fingerprint density at radius 2 is 1.85 bits per heavy atom. The second-order valence-electron chi connectivity index (χ2n) is 5.57. The van der Waals surface area contributed by atoms with Crippen LogP contribution in [0.5, 0.6) is 0 Å². The van der Waals surface area contributed by atoms with Crippen molar-refractivity contribution < 1.29 is 0 Å². The molecule has 2 heterocycles. The monoisotopic (exact) mass is 279 g/mol. The van der Waals surface area contributed by atoms with Gasteiger partial charge in [-0.3, -0.25) is 0 Å². The molecule has 0 aliphatic heterocycles. The molecule has 0 N–H and O–H groups in total. The summed E-state index contributed by atoms with van der Waals surface area (Å²) in [4.78, 5) is 7.59. The molecule has 2 aromatic heterocycles. The molecule has 0 bridgehead atoms. The van der Waals surface area contributed by atoms with Crippen LogP contribution in [0, 0.1) is 6.92 Å². The van der Waals surface area contributed by atoms with Gasteiger partial charge in [0, 0.05) is 16.0 Å². The third-order valence-electron chi connectivity index (χ3n) is 4.14. The normalized spacial score (nSPS) is 14.4. The predicted octanol–water partition coefficient (Wildman–Crippen LogP) is 5.15. The van der Waals surface area contributed by atoms with Gasteiger partial charge in [0.2, 0.25) is 0 Å². The minimum atomic E-state index is 1.12. The topological polar surface area (TPSA) is 12.9 Å². The summed E-state index contributed by atoms with van der Waals surface area (Å²) in [7, 11) is 0. The zero-order valence-corrected chi connectivity index (χ0v) is 12.5. The van der Waals surface area contributed by atoms with Crippen LogP contribution in [-0.2, 0) is 12.8 Å². The first-order valence-electron chi connectivity index (χ1n) is 7.30. The number of hydrogen-bond donors (Lipinski definition) is 0. The molecule has 1 nitrogen and oxygen atoms in total. The van der Waals surface area contributed by atoms with E-state index in [9.17, 15) is 0 Å². The molecule has 20 heavy (non-hydrogen) atoms. The SMILES string of the molecule is Cc1cc(-c2ccccc2)c2c3c(sc2n1)CCCC3. The van der Waals surface area contributed by atoms with E-state index in [4.69, 9.17) is 4.98 Å². The summed E-state index contributed by atoms with van der Waals surface area (Å²) >= 11 is 1.91. The largest absolute Gasteiger partial charge is 0.242 e. The number of hydrogen-bond acceptors (Lipinski definition) is 2. The smallest absolute Gasteiger partial charge is 0.124 e. The van der Waals surface area contributed by atoms with Gasteiger partial charge in [-0.25, -0.2) is 4.98 Å². The molecule has 4 rings (SSSR count). The molecule has 0 saturated carbocycles. The van der Waals surface area contributed by atoms with Crippen LogP contribution in [0.1, 0.15) is 29.0 Å². The van der Waals surface area contributed by atoms with Gasteiger partial charge in [-0.05, 0) is 55.4 Å². The van der Waals surface area contributed by atoms with Gasteiger partial charge in [0.25, 0.3) is 0 Å². The van der Waals surface area contributed by atoms with Gasteiger partial charge < -0.3 is 0 Å². The van der Waals surface area contributed by atoms with Crippen molar-refractivity contribution in [1.82, 2.24) is 4.98 Å². The summed E-state index contributed by atoms with van der Waals surface area (Å²) in [5.74, 6) is 0. The lowest BCUT2D eigenvalue weighted by molar-refractivity contribution is 0.700. The van der Waals surface area contributed by atoms with E-state index in [2.05, 4.69) is 43.3 Å². The van der Waals surface area contributed by atoms with E-state index in [1.165, 1.54) is 47.0 Å². The Morgan fingerprint density at radius 1 is 1.05 bits per heavy atom. The lowest BCUT2D eigenvalue weighted by Crippen LogP contribution is -1.98. The summed E-state index contributed by atoms with van der Waals surface area (Å²) in [5.41, 5.74) is 5.37. The van der Waals surface area contributed by atoms with E-state index < -0.39 is 0 Å². The highest BCUT2D eigenvalue weighted by molar-refractivity contribution is 7.19. The molecule has 1 aromatic carbocycles. The molecule has 3 aromatic rings. The van der Waals surface area contributed by atoms with Crippen LogP contribution in [0.4, 0.5) is 0 Å². The summed E-state index contributed by atoms with van der Waals surface area (Å²) in [6.45, 7) is 2.10. The van der Waals surface area contributed by atoms with E-state index >= 15 is 0 Å². The molecule has 2 heteroatoms. The molecule has 0 amide bonds. The first-order valence-corrected chi connectivity index (χ1v) is 8.12. The minimum absolute atomic E-state index is 1.12. The number of thiophene rings is 1. The molecule has 1 aliphatic carbocycles. The van der Waals surface area contributed by atoms with Crippen molar-refractivity contribution in [3.8, 4) is 11.1 Å². The molecule has 0 radical (unpaired) electrons. The molecule has 1 aliphatic rings. The number of fused-ring (bicyclic) bond motifs is 3. The Labute approximate surface area is 123 Å². The first-order chi connectivity index (χ1) is 9.83. The number of aromatic nitrogens is 1. The Balaban J connectivity index is 2.06. The molecule has 0 fully saturated rings. The van der Waals surface area contributed by atoms with Crippen LogP contribution in [0.3, 0.4) is 0 Å². The fourth-order valence-electron chi connectivity index (χ4n) is 3.23. The molecule has 0 unspecified atom stereocenters. The van der Waals surface area contributed by atoms with E-state index in [1.54, 1.807) is 10.4 Å². The highest BCUT2D eigenvalue weighted by atomic mass is 32.1. The van der Waals surface area contributed by atoms with Crippen molar-refractivity contribution in [2.75, 3.05) is 0 Å². The Bertz CT molecular complexity index is 771. The van der Waals surface area contributed by atoms with Crippen molar-refractivity contribution in [2.24, 2.45) is 0 Å². The second-order valence-corrected chi connectivity index (χ2v) is 6.65. The van der Waals surface area contributed by atoms with Crippen molar-refractivity contribution >= 4 is 21.6 Å². The first kappa shape index (κ1) is 12.1. The number of benzene rings is 1. The fraction of sp³-hybridized carbons (Fsp3) is 0.278. The molecule has 0 atom stereocenters. The lowest BCUT2D eigenvalue weighted by Gasteiger charge is -2.12. The van der Waals surface area contributed by atoms with Crippen molar-refractivity contribution in [1.29, 1.82) is 0 Å². The molecule has 100 valence electrons. The Morgan fingerprint density at radius 3 is 2.70 bits per heavy atom. The van der Waals surface area contributed by atoms with Crippen molar-refractivity contribution in [3.63, 3.8) is 0 Å². The summed E-state index contributed by atoms with van der Waals surface area (Å²) in [5, 5.41) is 1.42. The number of nitrogens with zero attached hydrogens (tertiary/aromatic N) is 1. The standard InChI is InChI=1S/C18H17NS/c1-12-11-15(13-7-3-2-4-8-13)17-14-9-5-6-10-16(14)20-18(17)19-12/h2-4,7-8,11H,5-6,9-10H2,1H3. The van der Waals surface area contributed by atoms with Crippen LogP contribution in [0.25, 0.3) is 21.3 Å². The summed E-state index contributed by atoms with van der Waals surface area (Å²) in [6.07, 6.45) is 5.12. The van der Waals surface area contributed by atoms with Crippen LogP contribution >= 0.6 is 11.3 Å². The summed E-state index contributed by atoms with van der Waals surface area (Å²) < 4.78 is 0. The second kappa shape index (κ2) is 4.71. The third-order valence-corrected chi connectivity index (χ3v) is 5.32. The number of rotatable bonds is 1. The van der Waals surface area contributed by atoms with Gasteiger partial charge in [0.15, 0.2) is 0 Å². The Hall–Kier alpha value is -1.67. The molecule has 0 saturated heterocycles. The van der Waals surface area contributed by atoms with Gasteiger partial charge in [-0.1, -0.05) is 30.3 Å². The van der Waals surface area contributed by atoms with Gasteiger partial charge in [0.05, 0.1) is 0 Å². The predicted molar refractivity (Wildman–Crippen MR) is 86.4 cm³/mol. The minimum Gasteiger partial charge on any atom is -0.242 e. The average Bonchev–Trinajstić information content (AvgIpc) is 2.85. The van der Waals surface area contributed by atoms with Crippen molar-refractivity contribution in [2.45, 2.75) is 32.6 Å². The van der Waals surface area contributed by atoms with Crippen molar-refractivity contribution in [3.05, 3.63) is 52.5 Å². The molecular formula is C18H17NS. The Kier molecular flexibility index (Phi) is 2.85. The molecular weight excluding hydrogens is 262 g/mol. The van der Waals surface area contributed by atoms with Gasteiger partial charge in [0.1, 0.15) is 4.83 Å². The number of aryl methyl sites for hydroxylation is 3. The zero-order valence-electron chi connectivity index (χ0n) is 11.6. The molecule has 0 spiro atoms. The third kappa shape index (κ3) is 1.87. The lowest BCUT2D eigenvalue weighted by atomic mass is 9.92. The van der Waals surface area contributed by atoms with Gasteiger partial charge >= 0.3 is 0 Å². The van der Waals surface area contributed by atoms with E-state index in [1.807, 2.05) is 11.3 Å². The maximum absolute atomic E-state index is 4.79. The van der Waals surface area contributed by atoms with Crippen LogP contribution in [0.2, 0.25) is 0 Å². The maximum atomic E-state index is 4.79. The average molecular weight is 279 g/mol. The van der Waals surface area contributed by atoms with E-state index in [0.717, 1.165) is 5.69 Å². The van der Waals surface area contributed by atoms with Gasteiger partial charge in [-0.15, -0.1) is 11.3 Å². The fourth-order valence-corrected chi connectivity index (χ4v) is 4.56. The van der Waals surface area contributed by atoms with Crippen LogP contribution in [0.15, 0.2) is 36.4 Å². The highest BCUT2D eigenvalue weighted by Crippen LogP contribution is 2.40. The number of pyridine rings is 1. The quantitative estimate of drug-likeness (QED) is 0.600. The van der Waals surface area contributed by atoms with Gasteiger partial charge in [-0.2, -0.15) is 0 Å². The van der Waals surface area contributed by atoms with E-state index in [-0.39, 0.29) is 0 Å². The highest BCUT2D eigenvalue weighted by Gasteiger charge is 2.20. The van der Waals surface area contributed by atoms with Crippen LogP contribution < -0.4 is 0 Å². The van der Waals surface area contributed by atoms with Crippen LogP contribution in [-0.4, -0.2) is 4.98 Å². The van der Waals surface area contributed by atoms with E-state index in [0.29, 0.717) is 0 Å². The summed E-state index contributed by atoms with van der Waals surface area (Å²) in [6, 6.07) is 13.0. The zero-order chi connectivity index (χ0) is 13.5.